The van der Waals surface area contributed by atoms with Crippen molar-refractivity contribution in [2.75, 3.05) is 6.61 Å². The topological polar surface area (TPSA) is 35.8 Å². The van der Waals surface area contributed by atoms with Crippen LogP contribution >= 0.6 is 0 Å². The molecule has 1 heterocycles. The van der Waals surface area contributed by atoms with E-state index in [1.165, 1.54) is 16.8 Å². The number of hydrogen-bond acceptors (Lipinski definition) is 3. The lowest BCUT2D eigenvalue weighted by atomic mass is 9.96. The molecule has 0 radical (unpaired) electrons. The van der Waals surface area contributed by atoms with Gasteiger partial charge in [0.15, 0.2) is 0 Å². The second kappa shape index (κ2) is 9.11. The van der Waals surface area contributed by atoms with Gasteiger partial charge in [-0.3, -0.25) is 9.89 Å². The van der Waals surface area contributed by atoms with Gasteiger partial charge in [-0.05, 0) is 24.0 Å². The Morgan fingerprint density at radius 1 is 0.923 bits per heavy atom. The van der Waals surface area contributed by atoms with E-state index in [1.807, 2.05) is 6.07 Å². The first-order chi connectivity index (χ1) is 12.8. The summed E-state index contributed by atoms with van der Waals surface area (Å²) in [5.41, 5.74) is 3.56. The largest absolute Gasteiger partial charge is 0.394 e. The smallest absolute Gasteiger partial charge is 0.103 e. The Kier molecular flexibility index (Phi) is 6.59. The number of rotatable bonds is 8. The molecule has 2 aromatic rings. The molecule has 0 aromatic heterocycles. The van der Waals surface area contributed by atoms with E-state index in [4.69, 9.17) is 4.99 Å². The zero-order chi connectivity index (χ0) is 18.4. The summed E-state index contributed by atoms with van der Waals surface area (Å²) >= 11 is 0. The third-order valence-electron chi connectivity index (χ3n) is 5.20. The van der Waals surface area contributed by atoms with Gasteiger partial charge in [-0.2, -0.15) is 0 Å². The first-order valence-corrected chi connectivity index (χ1v) is 9.86. The predicted octanol–water partition coefficient (Wildman–Crippen LogP) is 4.82. The van der Waals surface area contributed by atoms with Gasteiger partial charge in [0.1, 0.15) is 6.17 Å². The highest BCUT2D eigenvalue weighted by molar-refractivity contribution is 6.05. The monoisotopic (exact) mass is 350 g/mol. The van der Waals surface area contributed by atoms with Crippen molar-refractivity contribution in [2.45, 2.75) is 57.8 Å². The number of nitrogens with zero attached hydrogens (tertiary/aromatic N) is 2. The van der Waals surface area contributed by atoms with Crippen LogP contribution in [0.2, 0.25) is 0 Å². The average molecular weight is 351 g/mol. The molecule has 3 atom stereocenters. The van der Waals surface area contributed by atoms with Crippen LogP contribution in [0.1, 0.15) is 56.7 Å². The maximum absolute atomic E-state index is 10.3. The first-order valence-electron chi connectivity index (χ1n) is 9.86. The summed E-state index contributed by atoms with van der Waals surface area (Å²) in [5.74, 6) is 0. The van der Waals surface area contributed by atoms with E-state index in [-0.39, 0.29) is 24.9 Å². The summed E-state index contributed by atoms with van der Waals surface area (Å²) in [6, 6.07) is 21.1. The van der Waals surface area contributed by atoms with E-state index in [0.717, 1.165) is 25.7 Å². The van der Waals surface area contributed by atoms with E-state index in [1.54, 1.807) is 0 Å². The summed E-state index contributed by atoms with van der Waals surface area (Å²) in [6.07, 6.45) is 4.37. The van der Waals surface area contributed by atoms with E-state index < -0.39 is 0 Å². The Bertz CT molecular complexity index is 699. The van der Waals surface area contributed by atoms with Crippen LogP contribution in [0.25, 0.3) is 0 Å². The van der Waals surface area contributed by atoms with E-state index in [2.05, 4.69) is 73.3 Å². The second-order valence-electron chi connectivity index (χ2n) is 7.01. The molecule has 3 nitrogen and oxygen atoms in total. The van der Waals surface area contributed by atoms with Gasteiger partial charge in [0, 0.05) is 0 Å². The van der Waals surface area contributed by atoms with Gasteiger partial charge in [0.25, 0.3) is 0 Å². The zero-order valence-electron chi connectivity index (χ0n) is 15.9. The van der Waals surface area contributed by atoms with Gasteiger partial charge in [0.2, 0.25) is 0 Å². The molecule has 138 valence electrons. The molecule has 1 aliphatic rings. The third-order valence-corrected chi connectivity index (χ3v) is 5.20. The molecule has 0 saturated carbocycles. The van der Waals surface area contributed by atoms with Gasteiger partial charge in [-0.1, -0.05) is 87.4 Å². The Morgan fingerprint density at radius 2 is 1.54 bits per heavy atom. The summed E-state index contributed by atoms with van der Waals surface area (Å²) in [7, 11) is 0. The number of aliphatic imine (C=N–C) groups is 1. The van der Waals surface area contributed by atoms with Crippen LogP contribution in [0.4, 0.5) is 0 Å². The number of aliphatic hydroxyl groups excluding tert-OH is 1. The minimum atomic E-state index is -0.0192. The normalized spacial score (nSPS) is 21.6. The number of aliphatic hydroxyl groups is 1. The molecule has 1 aliphatic heterocycles. The van der Waals surface area contributed by atoms with Crippen molar-refractivity contribution in [2.24, 2.45) is 4.99 Å². The van der Waals surface area contributed by atoms with Crippen LogP contribution in [-0.4, -0.2) is 34.5 Å². The Balaban J connectivity index is 2.00. The molecule has 0 aliphatic carbocycles. The molecule has 0 fully saturated rings. The Hall–Kier alpha value is -1.97. The van der Waals surface area contributed by atoms with Crippen molar-refractivity contribution in [3.63, 3.8) is 0 Å². The van der Waals surface area contributed by atoms with Crippen molar-refractivity contribution >= 4 is 5.71 Å². The van der Waals surface area contributed by atoms with Crippen LogP contribution in [0.3, 0.4) is 0 Å². The summed E-state index contributed by atoms with van der Waals surface area (Å²) < 4.78 is 0. The fourth-order valence-electron chi connectivity index (χ4n) is 4.04. The fraction of sp³-hybridized carbons (Fsp3) is 0.435. The third kappa shape index (κ3) is 3.89. The molecule has 0 bridgehead atoms. The highest BCUT2D eigenvalue weighted by Crippen LogP contribution is 2.35. The van der Waals surface area contributed by atoms with Gasteiger partial charge in [-0.15, -0.1) is 0 Å². The van der Waals surface area contributed by atoms with Crippen LogP contribution in [0.5, 0.6) is 0 Å². The van der Waals surface area contributed by atoms with Crippen molar-refractivity contribution in [1.29, 1.82) is 0 Å². The van der Waals surface area contributed by atoms with Crippen molar-refractivity contribution in [1.82, 2.24) is 4.90 Å². The number of benzene rings is 2. The minimum Gasteiger partial charge on any atom is -0.394 e. The summed E-state index contributed by atoms with van der Waals surface area (Å²) in [6.45, 7) is 4.55. The fourth-order valence-corrected chi connectivity index (χ4v) is 4.04. The Labute approximate surface area is 157 Å². The van der Waals surface area contributed by atoms with Crippen LogP contribution in [0, 0.1) is 0 Å². The van der Waals surface area contributed by atoms with Crippen molar-refractivity contribution < 1.29 is 5.11 Å². The lowest BCUT2D eigenvalue weighted by Crippen LogP contribution is -2.44. The highest BCUT2D eigenvalue weighted by Gasteiger charge is 2.40. The highest BCUT2D eigenvalue weighted by atomic mass is 16.3. The molecule has 1 N–H and O–H groups in total. The molecule has 0 amide bonds. The van der Waals surface area contributed by atoms with E-state index >= 15 is 0 Å². The molecule has 2 aromatic carbocycles. The molecule has 0 unspecified atom stereocenters. The molecule has 26 heavy (non-hydrogen) atoms. The van der Waals surface area contributed by atoms with Gasteiger partial charge < -0.3 is 5.11 Å². The van der Waals surface area contributed by atoms with Crippen LogP contribution < -0.4 is 0 Å². The van der Waals surface area contributed by atoms with Crippen molar-refractivity contribution in [3.05, 3.63) is 71.8 Å². The maximum atomic E-state index is 10.3. The van der Waals surface area contributed by atoms with Crippen LogP contribution in [0.15, 0.2) is 65.7 Å². The molecule has 3 rings (SSSR count). The molecule has 0 saturated heterocycles. The quantitative estimate of drug-likeness (QED) is 0.741. The standard InChI is InChI=1S/C23H30N2O/c1-3-11-20-23(19-15-9-6-10-16-19)24-22(12-4-2)25(20)21(17-26)18-13-7-5-8-14-18/h5-10,13-16,20-22,26H,3-4,11-12,17H2,1-2H3/t20-,21+,22+/m1/s1. The summed E-state index contributed by atoms with van der Waals surface area (Å²) in [4.78, 5) is 7.62. The lowest BCUT2D eigenvalue weighted by molar-refractivity contribution is 0.0730. The summed E-state index contributed by atoms with van der Waals surface area (Å²) in [5, 5.41) is 10.3. The number of hydrogen-bond donors (Lipinski definition) is 1. The first kappa shape index (κ1) is 18.8. The SMILES string of the molecule is CCC[C@@H]1C(c2ccccc2)=N[C@H](CCC)N1[C@@H](CO)c1ccccc1. The van der Waals surface area contributed by atoms with Gasteiger partial charge in [0.05, 0.1) is 24.4 Å². The average Bonchev–Trinajstić information content (AvgIpc) is 3.03. The predicted molar refractivity (Wildman–Crippen MR) is 108 cm³/mol. The molecular weight excluding hydrogens is 320 g/mol. The Morgan fingerprint density at radius 3 is 2.12 bits per heavy atom. The lowest BCUT2D eigenvalue weighted by Gasteiger charge is -2.36. The van der Waals surface area contributed by atoms with Gasteiger partial charge in [-0.25, -0.2) is 0 Å². The minimum absolute atomic E-state index is 0.0192. The zero-order valence-corrected chi connectivity index (χ0v) is 15.9. The van der Waals surface area contributed by atoms with E-state index in [0.29, 0.717) is 0 Å². The molecule has 3 heteroatoms. The molecule has 0 spiro atoms. The van der Waals surface area contributed by atoms with Crippen LogP contribution in [-0.2, 0) is 0 Å². The van der Waals surface area contributed by atoms with Gasteiger partial charge >= 0.3 is 0 Å². The maximum Gasteiger partial charge on any atom is 0.103 e. The van der Waals surface area contributed by atoms with Crippen molar-refractivity contribution in [3.8, 4) is 0 Å². The second-order valence-corrected chi connectivity index (χ2v) is 7.01. The van der Waals surface area contributed by atoms with E-state index in [9.17, 15) is 5.11 Å². The molecular formula is C23H30N2O.